The second-order valence-electron chi connectivity index (χ2n) is 7.31. The number of hydrogen-bond donors (Lipinski definition) is 1. The molecule has 1 unspecified atom stereocenters. The lowest BCUT2D eigenvalue weighted by atomic mass is 10.1. The first-order chi connectivity index (χ1) is 16.1. The van der Waals surface area contributed by atoms with Crippen LogP contribution < -0.4 is 10.1 Å². The topological polar surface area (TPSA) is 69.0 Å². The molecular formula is C25H23FN4O2S. The lowest BCUT2D eigenvalue weighted by Gasteiger charge is -2.15. The van der Waals surface area contributed by atoms with Crippen LogP contribution in [0.15, 0.2) is 84.0 Å². The predicted octanol–water partition coefficient (Wildman–Crippen LogP) is 5.05. The molecule has 4 aromatic rings. The molecule has 0 aliphatic carbocycles. The SMILES string of the molecule is COc1ccccc1-c1nnc(SCC(=O)NC(C)c2ccc(F)cc2)n1-c1ccccc1. The van der Waals surface area contributed by atoms with Crippen molar-refractivity contribution in [1.29, 1.82) is 0 Å². The second-order valence-corrected chi connectivity index (χ2v) is 8.25. The van der Waals surface area contributed by atoms with Gasteiger partial charge in [0.1, 0.15) is 11.6 Å². The molecule has 33 heavy (non-hydrogen) atoms. The highest BCUT2D eigenvalue weighted by molar-refractivity contribution is 7.99. The Labute approximate surface area is 195 Å². The Hall–Kier alpha value is -3.65. The number of aromatic nitrogens is 3. The molecule has 8 heteroatoms. The Morgan fingerprint density at radius 3 is 2.45 bits per heavy atom. The molecule has 0 aliphatic heterocycles. The molecule has 0 spiro atoms. The predicted molar refractivity (Wildman–Crippen MR) is 127 cm³/mol. The largest absolute Gasteiger partial charge is 0.496 e. The van der Waals surface area contributed by atoms with Crippen LogP contribution in [0.1, 0.15) is 18.5 Å². The van der Waals surface area contributed by atoms with Gasteiger partial charge in [0, 0.05) is 5.69 Å². The van der Waals surface area contributed by atoms with Crippen molar-refractivity contribution in [2.75, 3.05) is 12.9 Å². The number of halogens is 1. The van der Waals surface area contributed by atoms with Crippen molar-refractivity contribution in [1.82, 2.24) is 20.1 Å². The minimum absolute atomic E-state index is 0.154. The number of para-hydroxylation sites is 2. The van der Waals surface area contributed by atoms with Crippen LogP contribution in [0.5, 0.6) is 5.75 Å². The third kappa shape index (κ3) is 5.23. The highest BCUT2D eigenvalue weighted by Crippen LogP contribution is 2.33. The Balaban J connectivity index is 1.56. The van der Waals surface area contributed by atoms with Crippen LogP contribution in [0.2, 0.25) is 0 Å². The average molecular weight is 463 g/mol. The molecule has 3 aromatic carbocycles. The van der Waals surface area contributed by atoms with Crippen molar-refractivity contribution in [3.8, 4) is 22.8 Å². The summed E-state index contributed by atoms with van der Waals surface area (Å²) in [5.41, 5.74) is 2.52. The maximum Gasteiger partial charge on any atom is 0.230 e. The average Bonchev–Trinajstić information content (AvgIpc) is 3.27. The van der Waals surface area contributed by atoms with Gasteiger partial charge in [0.05, 0.1) is 24.5 Å². The van der Waals surface area contributed by atoms with Crippen LogP contribution in [-0.4, -0.2) is 33.5 Å². The summed E-state index contributed by atoms with van der Waals surface area (Å²) in [6, 6.07) is 23.2. The molecular weight excluding hydrogens is 439 g/mol. The molecule has 0 saturated carbocycles. The maximum absolute atomic E-state index is 13.2. The maximum atomic E-state index is 13.2. The first-order valence-corrected chi connectivity index (χ1v) is 11.4. The zero-order valence-electron chi connectivity index (χ0n) is 18.2. The van der Waals surface area contributed by atoms with E-state index in [0.717, 1.165) is 16.8 Å². The van der Waals surface area contributed by atoms with E-state index in [9.17, 15) is 9.18 Å². The Morgan fingerprint density at radius 2 is 1.73 bits per heavy atom. The van der Waals surface area contributed by atoms with Gasteiger partial charge in [-0.25, -0.2) is 4.39 Å². The van der Waals surface area contributed by atoms with E-state index in [1.807, 2.05) is 66.1 Å². The van der Waals surface area contributed by atoms with E-state index in [4.69, 9.17) is 4.74 Å². The molecule has 0 fully saturated rings. The quantitative estimate of drug-likeness (QED) is 0.371. The van der Waals surface area contributed by atoms with E-state index in [-0.39, 0.29) is 23.5 Å². The first kappa shape index (κ1) is 22.5. The number of amides is 1. The monoisotopic (exact) mass is 462 g/mol. The number of methoxy groups -OCH3 is 1. The van der Waals surface area contributed by atoms with E-state index in [0.29, 0.717) is 16.7 Å². The number of ether oxygens (including phenoxy) is 1. The second kappa shape index (κ2) is 10.3. The molecule has 0 saturated heterocycles. The van der Waals surface area contributed by atoms with Crippen LogP contribution in [-0.2, 0) is 4.79 Å². The fraction of sp³-hybridized carbons (Fsp3) is 0.160. The standard InChI is InChI=1S/C25H23FN4O2S/c1-17(18-12-14-19(26)15-13-18)27-23(31)16-33-25-29-28-24(21-10-6-7-11-22(21)32-2)30(25)20-8-4-3-5-9-20/h3-15,17H,16H2,1-2H3,(H,27,31). The third-order valence-electron chi connectivity index (χ3n) is 5.08. The lowest BCUT2D eigenvalue weighted by molar-refractivity contribution is -0.119. The highest BCUT2D eigenvalue weighted by Gasteiger charge is 2.20. The molecule has 168 valence electrons. The zero-order valence-corrected chi connectivity index (χ0v) is 19.1. The summed E-state index contributed by atoms with van der Waals surface area (Å²) >= 11 is 1.30. The summed E-state index contributed by atoms with van der Waals surface area (Å²) in [6.45, 7) is 1.86. The molecule has 0 bridgehead atoms. The summed E-state index contributed by atoms with van der Waals surface area (Å²) < 4.78 is 20.6. The van der Waals surface area contributed by atoms with E-state index in [1.54, 1.807) is 19.2 Å². The number of carbonyl (C=O) groups excluding carboxylic acids is 1. The summed E-state index contributed by atoms with van der Waals surface area (Å²) in [6.07, 6.45) is 0. The summed E-state index contributed by atoms with van der Waals surface area (Å²) in [4.78, 5) is 12.6. The van der Waals surface area contributed by atoms with Crippen molar-refractivity contribution >= 4 is 17.7 Å². The van der Waals surface area contributed by atoms with Gasteiger partial charge in [-0.05, 0) is 48.9 Å². The van der Waals surface area contributed by atoms with Crippen LogP contribution in [0.4, 0.5) is 4.39 Å². The van der Waals surface area contributed by atoms with Gasteiger partial charge in [-0.3, -0.25) is 9.36 Å². The van der Waals surface area contributed by atoms with Gasteiger partial charge >= 0.3 is 0 Å². The minimum atomic E-state index is -0.307. The van der Waals surface area contributed by atoms with Gasteiger partial charge in [-0.2, -0.15) is 0 Å². The number of rotatable bonds is 8. The van der Waals surface area contributed by atoms with Crippen LogP contribution >= 0.6 is 11.8 Å². The van der Waals surface area contributed by atoms with E-state index >= 15 is 0 Å². The molecule has 0 radical (unpaired) electrons. The van der Waals surface area contributed by atoms with E-state index in [2.05, 4.69) is 15.5 Å². The van der Waals surface area contributed by atoms with Gasteiger partial charge in [-0.15, -0.1) is 10.2 Å². The first-order valence-electron chi connectivity index (χ1n) is 10.4. The minimum Gasteiger partial charge on any atom is -0.496 e. The zero-order chi connectivity index (χ0) is 23.2. The number of nitrogens with zero attached hydrogens (tertiary/aromatic N) is 3. The van der Waals surface area contributed by atoms with Crippen molar-refractivity contribution in [2.24, 2.45) is 0 Å². The number of carbonyl (C=O) groups is 1. The molecule has 1 aromatic heterocycles. The van der Waals surface area contributed by atoms with Crippen molar-refractivity contribution in [3.63, 3.8) is 0 Å². The van der Waals surface area contributed by atoms with Crippen molar-refractivity contribution in [3.05, 3.63) is 90.2 Å². The van der Waals surface area contributed by atoms with Gasteiger partial charge in [0.2, 0.25) is 5.91 Å². The van der Waals surface area contributed by atoms with Gasteiger partial charge in [-0.1, -0.05) is 54.2 Å². The summed E-state index contributed by atoms with van der Waals surface area (Å²) in [7, 11) is 1.62. The van der Waals surface area contributed by atoms with Crippen LogP contribution in [0.3, 0.4) is 0 Å². The third-order valence-corrected chi connectivity index (χ3v) is 6.00. The summed E-state index contributed by atoms with van der Waals surface area (Å²) in [5.74, 6) is 1.01. The number of nitrogens with one attached hydrogen (secondary N) is 1. The smallest absolute Gasteiger partial charge is 0.230 e. The van der Waals surface area contributed by atoms with Crippen LogP contribution in [0.25, 0.3) is 17.1 Å². The van der Waals surface area contributed by atoms with Gasteiger partial charge < -0.3 is 10.1 Å². The fourth-order valence-electron chi connectivity index (χ4n) is 3.43. The number of thioether (sulfide) groups is 1. The van der Waals surface area contributed by atoms with Crippen LogP contribution in [0, 0.1) is 5.82 Å². The van der Waals surface area contributed by atoms with E-state index < -0.39 is 0 Å². The Bertz CT molecular complexity index is 1230. The Morgan fingerprint density at radius 1 is 1.03 bits per heavy atom. The molecule has 6 nitrogen and oxygen atoms in total. The Kier molecular flexibility index (Phi) is 7.04. The molecule has 1 amide bonds. The van der Waals surface area contributed by atoms with E-state index in [1.165, 1.54) is 23.9 Å². The molecule has 1 heterocycles. The van der Waals surface area contributed by atoms with Crippen molar-refractivity contribution < 1.29 is 13.9 Å². The van der Waals surface area contributed by atoms with Gasteiger partial charge in [0.15, 0.2) is 11.0 Å². The van der Waals surface area contributed by atoms with Gasteiger partial charge in [0.25, 0.3) is 0 Å². The molecule has 4 rings (SSSR count). The fourth-order valence-corrected chi connectivity index (χ4v) is 4.19. The highest BCUT2D eigenvalue weighted by atomic mass is 32.2. The lowest BCUT2D eigenvalue weighted by Crippen LogP contribution is -2.28. The molecule has 1 atom stereocenters. The number of benzene rings is 3. The molecule has 0 aliphatic rings. The molecule has 1 N–H and O–H groups in total. The normalized spacial score (nSPS) is 11.7. The summed E-state index contributed by atoms with van der Waals surface area (Å²) in [5, 5.41) is 12.3. The van der Waals surface area contributed by atoms with Crippen molar-refractivity contribution in [2.45, 2.75) is 18.1 Å². The number of hydrogen-bond acceptors (Lipinski definition) is 5.